The molecule has 4 rings (SSSR count). The number of hydrogen-bond acceptors (Lipinski definition) is 8. The fraction of sp³-hybridized carbons (Fsp3) is 0.259. The van der Waals surface area contributed by atoms with Gasteiger partial charge in [0, 0.05) is 40.8 Å². The van der Waals surface area contributed by atoms with Gasteiger partial charge in [-0.1, -0.05) is 25.1 Å². The summed E-state index contributed by atoms with van der Waals surface area (Å²) in [7, 11) is -3.72. The van der Waals surface area contributed by atoms with Crippen molar-refractivity contribution >= 4 is 37.9 Å². The van der Waals surface area contributed by atoms with Crippen molar-refractivity contribution in [2.24, 2.45) is 0 Å². The van der Waals surface area contributed by atoms with Crippen molar-refractivity contribution in [2.45, 2.75) is 37.7 Å². The summed E-state index contributed by atoms with van der Waals surface area (Å²) < 4.78 is 28.3. The number of hydrogen-bond donors (Lipinski definition) is 4. The van der Waals surface area contributed by atoms with E-state index in [0.29, 0.717) is 18.8 Å². The van der Waals surface area contributed by atoms with Crippen LogP contribution < -0.4 is 15.4 Å². The van der Waals surface area contributed by atoms with Crippen molar-refractivity contribution in [2.75, 3.05) is 23.1 Å². The average molecular weight is 538 g/mol. The number of sulfonamides is 1. The molecule has 2 heterocycles. The molecular formula is C27H31N5O3S2. The standard InChI is InChI=1S/C27H31N5O3S2/c1-3-25-19(2)36-27(31-25)30-22-10-12-24(13-11-22)37(34,35)32-23-8-6-20(7-9-23)14-16-29-18-26(33)21-5-4-15-28-17-21/h4-13,15,17,26,29,32-33H,3,14,16,18H2,1-2H3,(H,30,31). The van der Waals surface area contributed by atoms with Gasteiger partial charge in [-0.2, -0.15) is 0 Å². The van der Waals surface area contributed by atoms with Gasteiger partial charge in [-0.15, -0.1) is 11.3 Å². The van der Waals surface area contributed by atoms with E-state index in [0.717, 1.165) is 40.5 Å². The van der Waals surface area contributed by atoms with E-state index in [1.54, 1.807) is 66.2 Å². The summed E-state index contributed by atoms with van der Waals surface area (Å²) in [5.41, 5.74) is 4.18. The Kier molecular flexibility index (Phi) is 8.88. The summed E-state index contributed by atoms with van der Waals surface area (Å²) in [5.74, 6) is 0. The lowest BCUT2D eigenvalue weighted by molar-refractivity contribution is 0.174. The van der Waals surface area contributed by atoms with Gasteiger partial charge in [-0.3, -0.25) is 9.71 Å². The van der Waals surface area contributed by atoms with Crippen LogP contribution in [0.4, 0.5) is 16.5 Å². The molecule has 10 heteroatoms. The van der Waals surface area contributed by atoms with Crippen LogP contribution in [-0.2, 0) is 22.9 Å². The molecule has 0 bridgehead atoms. The quantitative estimate of drug-likeness (QED) is 0.192. The maximum Gasteiger partial charge on any atom is 0.261 e. The lowest BCUT2D eigenvalue weighted by Crippen LogP contribution is -2.23. The van der Waals surface area contributed by atoms with Crippen molar-refractivity contribution in [1.82, 2.24) is 15.3 Å². The van der Waals surface area contributed by atoms with Crippen LogP contribution in [0.15, 0.2) is 78.0 Å². The van der Waals surface area contributed by atoms with E-state index in [-0.39, 0.29) is 4.90 Å². The number of thiazole rings is 1. The minimum Gasteiger partial charge on any atom is -0.387 e. The SMILES string of the molecule is CCc1nc(Nc2ccc(S(=O)(=O)Nc3ccc(CCNCC(O)c4cccnc4)cc3)cc2)sc1C. The number of pyridine rings is 1. The Labute approximate surface area is 221 Å². The molecule has 0 saturated carbocycles. The first kappa shape index (κ1) is 26.7. The summed E-state index contributed by atoms with van der Waals surface area (Å²) in [6, 6.07) is 17.6. The molecule has 0 spiro atoms. The number of rotatable bonds is 12. The molecule has 2 aromatic heterocycles. The van der Waals surface area contributed by atoms with Gasteiger partial charge in [0.15, 0.2) is 5.13 Å². The fourth-order valence-corrected chi connectivity index (χ4v) is 5.75. The number of benzene rings is 2. The van der Waals surface area contributed by atoms with Crippen LogP contribution in [0, 0.1) is 6.92 Å². The van der Waals surface area contributed by atoms with Gasteiger partial charge in [0.2, 0.25) is 0 Å². The highest BCUT2D eigenvalue weighted by molar-refractivity contribution is 7.92. The van der Waals surface area contributed by atoms with Crippen LogP contribution in [0.2, 0.25) is 0 Å². The minimum atomic E-state index is -3.72. The number of nitrogens with zero attached hydrogens (tertiary/aromatic N) is 2. The first-order chi connectivity index (χ1) is 17.8. The highest BCUT2D eigenvalue weighted by Crippen LogP contribution is 2.26. The maximum atomic E-state index is 12.9. The van der Waals surface area contributed by atoms with Gasteiger partial charge in [0.05, 0.1) is 16.7 Å². The van der Waals surface area contributed by atoms with Crippen molar-refractivity contribution in [3.05, 3.63) is 94.8 Å². The predicted molar refractivity (Wildman–Crippen MR) is 149 cm³/mol. The molecule has 1 atom stereocenters. The molecule has 37 heavy (non-hydrogen) atoms. The van der Waals surface area contributed by atoms with Crippen LogP contribution in [0.3, 0.4) is 0 Å². The summed E-state index contributed by atoms with van der Waals surface area (Å²) in [5, 5.41) is 17.5. The summed E-state index contributed by atoms with van der Waals surface area (Å²) >= 11 is 1.58. The lowest BCUT2D eigenvalue weighted by atomic mass is 10.1. The van der Waals surface area contributed by atoms with Crippen LogP contribution in [-0.4, -0.2) is 36.6 Å². The highest BCUT2D eigenvalue weighted by Gasteiger charge is 2.15. The number of aryl methyl sites for hydroxylation is 2. The van der Waals surface area contributed by atoms with Crippen molar-refractivity contribution in [3.63, 3.8) is 0 Å². The van der Waals surface area contributed by atoms with E-state index in [1.807, 2.05) is 25.1 Å². The van der Waals surface area contributed by atoms with E-state index in [9.17, 15) is 13.5 Å². The molecule has 4 N–H and O–H groups in total. The monoisotopic (exact) mass is 537 g/mol. The Hall–Kier alpha value is -3.31. The van der Waals surface area contributed by atoms with Crippen LogP contribution in [0.1, 0.15) is 34.7 Å². The molecule has 0 saturated heterocycles. The molecule has 0 aliphatic rings. The summed E-state index contributed by atoms with van der Waals surface area (Å²) in [6.45, 7) is 5.23. The second-order valence-corrected chi connectivity index (χ2v) is 11.5. The molecule has 0 amide bonds. The molecule has 4 aromatic rings. The Morgan fingerprint density at radius 2 is 1.76 bits per heavy atom. The van der Waals surface area contributed by atoms with Crippen LogP contribution in [0.25, 0.3) is 0 Å². The Bertz CT molecular complexity index is 1390. The maximum absolute atomic E-state index is 12.9. The first-order valence-electron chi connectivity index (χ1n) is 12.1. The zero-order valence-corrected chi connectivity index (χ0v) is 22.4. The normalized spacial score (nSPS) is 12.3. The molecule has 0 fully saturated rings. The smallest absolute Gasteiger partial charge is 0.261 e. The molecule has 0 aliphatic carbocycles. The topological polar surface area (TPSA) is 116 Å². The van der Waals surface area contributed by atoms with E-state index >= 15 is 0 Å². The van der Waals surface area contributed by atoms with Gasteiger partial charge < -0.3 is 15.7 Å². The number of aromatic nitrogens is 2. The zero-order chi connectivity index (χ0) is 26.3. The molecular weight excluding hydrogens is 506 g/mol. The number of anilines is 3. The van der Waals surface area contributed by atoms with Crippen molar-refractivity contribution < 1.29 is 13.5 Å². The zero-order valence-electron chi connectivity index (χ0n) is 20.8. The largest absolute Gasteiger partial charge is 0.387 e. The second kappa shape index (κ2) is 12.3. The van der Waals surface area contributed by atoms with Gasteiger partial charge in [0.25, 0.3) is 10.0 Å². The summed E-state index contributed by atoms with van der Waals surface area (Å²) in [4.78, 5) is 9.94. The van der Waals surface area contributed by atoms with Crippen molar-refractivity contribution in [1.29, 1.82) is 0 Å². The fourth-order valence-electron chi connectivity index (χ4n) is 3.77. The lowest BCUT2D eigenvalue weighted by Gasteiger charge is -2.12. The average Bonchev–Trinajstić information content (AvgIpc) is 3.26. The number of nitrogens with one attached hydrogen (secondary N) is 3. The van der Waals surface area contributed by atoms with Gasteiger partial charge in [-0.05, 0) is 74.3 Å². The van der Waals surface area contributed by atoms with Crippen LogP contribution >= 0.6 is 11.3 Å². The molecule has 1 unspecified atom stereocenters. The van der Waals surface area contributed by atoms with Gasteiger partial charge >= 0.3 is 0 Å². The Morgan fingerprint density at radius 1 is 1.03 bits per heavy atom. The Morgan fingerprint density at radius 3 is 2.41 bits per heavy atom. The highest BCUT2D eigenvalue weighted by atomic mass is 32.2. The summed E-state index contributed by atoms with van der Waals surface area (Å²) in [6.07, 6.45) is 4.35. The molecule has 0 radical (unpaired) electrons. The Balaban J connectivity index is 1.27. The third-order valence-electron chi connectivity index (χ3n) is 5.85. The molecule has 0 aliphatic heterocycles. The molecule has 2 aromatic carbocycles. The second-order valence-electron chi connectivity index (χ2n) is 8.58. The van der Waals surface area contributed by atoms with Gasteiger partial charge in [-0.25, -0.2) is 13.4 Å². The minimum absolute atomic E-state index is 0.183. The predicted octanol–water partition coefficient (Wildman–Crippen LogP) is 4.82. The number of aliphatic hydroxyl groups excluding tert-OH is 1. The van der Waals surface area contributed by atoms with E-state index < -0.39 is 16.1 Å². The van der Waals surface area contributed by atoms with Gasteiger partial charge in [0.1, 0.15) is 0 Å². The van der Waals surface area contributed by atoms with E-state index in [4.69, 9.17) is 0 Å². The third-order valence-corrected chi connectivity index (χ3v) is 8.17. The first-order valence-corrected chi connectivity index (χ1v) is 14.4. The molecule has 8 nitrogen and oxygen atoms in total. The third kappa shape index (κ3) is 7.36. The number of aliphatic hydroxyl groups is 1. The van der Waals surface area contributed by atoms with E-state index in [2.05, 4.69) is 32.2 Å². The van der Waals surface area contributed by atoms with E-state index in [1.165, 1.54) is 4.88 Å². The van der Waals surface area contributed by atoms with Crippen molar-refractivity contribution in [3.8, 4) is 0 Å². The van der Waals surface area contributed by atoms with Crippen LogP contribution in [0.5, 0.6) is 0 Å². The molecule has 194 valence electrons.